The molecule has 0 radical (unpaired) electrons. The summed E-state index contributed by atoms with van der Waals surface area (Å²) >= 11 is 0. The highest BCUT2D eigenvalue weighted by atomic mass is 16.6. The Balaban J connectivity index is 2.06. The van der Waals surface area contributed by atoms with E-state index in [2.05, 4.69) is 48.5 Å². The van der Waals surface area contributed by atoms with Crippen LogP contribution in [-0.4, -0.2) is 23.3 Å². The van der Waals surface area contributed by atoms with Crippen molar-refractivity contribution in [2.45, 2.75) is 163 Å². The van der Waals surface area contributed by atoms with Crippen LogP contribution in [0.4, 0.5) is 0 Å². The van der Waals surface area contributed by atoms with Gasteiger partial charge in [0.25, 0.3) is 0 Å². The van der Waals surface area contributed by atoms with Crippen molar-refractivity contribution in [3.63, 3.8) is 0 Å². The highest BCUT2D eigenvalue weighted by molar-refractivity contribution is 4.89. The van der Waals surface area contributed by atoms with Crippen LogP contribution in [0.15, 0.2) is 0 Å². The van der Waals surface area contributed by atoms with Gasteiger partial charge in [-0.05, 0) is 62.2 Å². The maximum Gasteiger partial charge on any atom is 0.0923 e. The molecule has 0 spiro atoms. The molecule has 202 valence electrons. The fourth-order valence-electron chi connectivity index (χ4n) is 7.73. The molecular weight excluding hydrogens is 414 g/mol. The van der Waals surface area contributed by atoms with Gasteiger partial charge < -0.3 is 9.85 Å². The van der Waals surface area contributed by atoms with Crippen LogP contribution in [0, 0.1) is 40.7 Å². The minimum absolute atomic E-state index is 0.164. The van der Waals surface area contributed by atoms with Crippen LogP contribution in [0.5, 0.6) is 0 Å². The fourth-order valence-corrected chi connectivity index (χ4v) is 7.73. The Labute approximate surface area is 215 Å². The van der Waals surface area contributed by atoms with Gasteiger partial charge in [-0.15, -0.1) is 0 Å². The van der Waals surface area contributed by atoms with Gasteiger partial charge in [-0.25, -0.2) is 0 Å². The van der Waals surface area contributed by atoms with Crippen LogP contribution in [0.1, 0.15) is 151 Å². The largest absolute Gasteiger partial charge is 0.632 e. The molecule has 2 aliphatic rings. The molecular formula is C32H63NO. The van der Waals surface area contributed by atoms with E-state index in [1.807, 2.05) is 0 Å². The lowest BCUT2D eigenvalue weighted by atomic mass is 9.69. The van der Waals surface area contributed by atoms with Gasteiger partial charge in [-0.3, -0.25) is 0 Å². The summed E-state index contributed by atoms with van der Waals surface area (Å²) in [5, 5.41) is 15.3. The summed E-state index contributed by atoms with van der Waals surface area (Å²) in [6, 6.07) is 0.665. The predicted molar refractivity (Wildman–Crippen MR) is 151 cm³/mol. The molecule has 0 aromatic carbocycles. The van der Waals surface area contributed by atoms with Crippen LogP contribution in [0.2, 0.25) is 0 Å². The van der Waals surface area contributed by atoms with Crippen LogP contribution in [0.3, 0.4) is 0 Å². The van der Waals surface area contributed by atoms with Gasteiger partial charge in [0.15, 0.2) is 0 Å². The Kier molecular flexibility index (Phi) is 13.5. The van der Waals surface area contributed by atoms with Crippen molar-refractivity contribution in [3.05, 3.63) is 5.21 Å². The van der Waals surface area contributed by atoms with Crippen LogP contribution < -0.4 is 0 Å². The third kappa shape index (κ3) is 8.79. The average Bonchev–Trinajstić information content (AvgIpc) is 2.79. The monoisotopic (exact) mass is 477 g/mol. The number of quaternary nitrogens is 1. The molecule has 2 rings (SSSR count). The summed E-state index contributed by atoms with van der Waals surface area (Å²) in [7, 11) is 0. The van der Waals surface area contributed by atoms with E-state index >= 15 is 5.21 Å². The first kappa shape index (κ1) is 30.1. The van der Waals surface area contributed by atoms with Gasteiger partial charge in [0, 0.05) is 24.7 Å². The molecule has 6 atom stereocenters. The molecule has 0 aromatic rings. The van der Waals surface area contributed by atoms with E-state index in [0.29, 0.717) is 35.8 Å². The van der Waals surface area contributed by atoms with E-state index in [4.69, 9.17) is 0 Å². The van der Waals surface area contributed by atoms with E-state index in [1.165, 1.54) is 96.3 Å². The molecule has 2 heteroatoms. The molecule has 0 N–H and O–H groups in total. The summed E-state index contributed by atoms with van der Waals surface area (Å²) in [6.45, 7) is 17.6. The molecule has 2 aliphatic carbocycles. The SMILES string of the molecule is CCCCCCCCCCCC[N+]([O-])(C1CC(C)CCC1C(C)C)C1CC(C)CCC1C(C)C. The number of unbranched alkanes of at least 4 members (excludes halogenated alkanes) is 9. The zero-order valence-corrected chi connectivity index (χ0v) is 24.5. The summed E-state index contributed by atoms with van der Waals surface area (Å²) in [4.78, 5) is 0. The summed E-state index contributed by atoms with van der Waals surface area (Å²) < 4.78 is 0.164. The van der Waals surface area contributed by atoms with E-state index < -0.39 is 0 Å². The highest BCUT2D eigenvalue weighted by Gasteiger charge is 2.48. The topological polar surface area (TPSA) is 23.1 Å². The van der Waals surface area contributed by atoms with Crippen molar-refractivity contribution < 1.29 is 4.65 Å². The van der Waals surface area contributed by atoms with Gasteiger partial charge in [-0.2, -0.15) is 0 Å². The number of hydrogen-bond donors (Lipinski definition) is 0. The Morgan fingerprint density at radius 1 is 0.618 bits per heavy atom. The lowest BCUT2D eigenvalue weighted by Crippen LogP contribution is -2.65. The number of hydrogen-bond acceptors (Lipinski definition) is 1. The summed E-state index contributed by atoms with van der Waals surface area (Å²) in [5.74, 6) is 3.93. The molecule has 2 saturated carbocycles. The quantitative estimate of drug-likeness (QED) is 0.131. The van der Waals surface area contributed by atoms with Crippen molar-refractivity contribution in [2.75, 3.05) is 6.54 Å². The normalized spacial score (nSPS) is 32.3. The number of rotatable bonds is 15. The first-order valence-electron chi connectivity index (χ1n) is 15.8. The Hall–Kier alpha value is -0.0800. The second-order valence-corrected chi connectivity index (χ2v) is 13.5. The molecule has 6 unspecified atom stereocenters. The Bertz CT molecular complexity index is 497. The van der Waals surface area contributed by atoms with Crippen molar-refractivity contribution in [2.24, 2.45) is 35.5 Å². The maximum absolute atomic E-state index is 15.3. The first-order chi connectivity index (χ1) is 16.2. The van der Waals surface area contributed by atoms with Crippen LogP contribution in [-0.2, 0) is 0 Å². The van der Waals surface area contributed by atoms with E-state index in [9.17, 15) is 0 Å². The molecule has 34 heavy (non-hydrogen) atoms. The molecule has 0 amide bonds. The molecule has 0 aliphatic heterocycles. The van der Waals surface area contributed by atoms with Crippen LogP contribution in [0.25, 0.3) is 0 Å². The maximum atomic E-state index is 15.3. The summed E-state index contributed by atoms with van der Waals surface area (Å²) in [6.07, 6.45) is 21.0. The number of hydroxylamine groups is 3. The Morgan fingerprint density at radius 3 is 1.38 bits per heavy atom. The zero-order valence-electron chi connectivity index (χ0n) is 24.5. The van der Waals surface area contributed by atoms with Crippen LogP contribution >= 0.6 is 0 Å². The van der Waals surface area contributed by atoms with Crippen molar-refractivity contribution in [3.8, 4) is 0 Å². The van der Waals surface area contributed by atoms with Crippen molar-refractivity contribution >= 4 is 0 Å². The second-order valence-electron chi connectivity index (χ2n) is 13.5. The predicted octanol–water partition coefficient (Wildman–Crippen LogP) is 10.1. The number of nitrogens with zero attached hydrogens (tertiary/aromatic N) is 1. The minimum atomic E-state index is 0.164. The molecule has 0 aromatic heterocycles. The standard InChI is InChI=1S/C32H63NO/c1-8-9-10-11-12-13-14-15-16-17-22-33(34,31-23-27(6)18-20-29(31)25(2)3)32-24-28(7)19-21-30(32)26(4)5/h25-32H,8-24H2,1-7H3. The van der Waals surface area contributed by atoms with Gasteiger partial charge >= 0.3 is 0 Å². The van der Waals surface area contributed by atoms with Gasteiger partial charge in [-0.1, -0.05) is 99.8 Å². The van der Waals surface area contributed by atoms with E-state index in [-0.39, 0.29) is 4.65 Å². The fraction of sp³-hybridized carbons (Fsp3) is 1.00. The smallest absolute Gasteiger partial charge is 0.0923 e. The average molecular weight is 478 g/mol. The zero-order chi connectivity index (χ0) is 25.1. The van der Waals surface area contributed by atoms with Gasteiger partial charge in [0.05, 0.1) is 18.6 Å². The third-order valence-corrected chi connectivity index (χ3v) is 9.96. The lowest BCUT2D eigenvalue weighted by Gasteiger charge is -2.62. The molecule has 2 nitrogen and oxygen atoms in total. The van der Waals surface area contributed by atoms with Gasteiger partial charge in [0.2, 0.25) is 0 Å². The Morgan fingerprint density at radius 2 is 1.00 bits per heavy atom. The molecule has 0 bridgehead atoms. The molecule has 0 heterocycles. The highest BCUT2D eigenvalue weighted by Crippen LogP contribution is 2.47. The van der Waals surface area contributed by atoms with Gasteiger partial charge in [0.1, 0.15) is 0 Å². The minimum Gasteiger partial charge on any atom is -0.632 e. The van der Waals surface area contributed by atoms with Crippen molar-refractivity contribution in [1.29, 1.82) is 0 Å². The second kappa shape index (κ2) is 15.2. The molecule has 2 fully saturated rings. The molecule has 0 saturated heterocycles. The lowest BCUT2D eigenvalue weighted by molar-refractivity contribution is -0.941. The first-order valence-corrected chi connectivity index (χ1v) is 15.8. The van der Waals surface area contributed by atoms with E-state index in [0.717, 1.165) is 24.8 Å². The third-order valence-electron chi connectivity index (χ3n) is 9.96. The van der Waals surface area contributed by atoms with E-state index in [1.54, 1.807) is 0 Å². The summed E-state index contributed by atoms with van der Waals surface area (Å²) in [5.41, 5.74) is 0. The van der Waals surface area contributed by atoms with Crippen molar-refractivity contribution in [1.82, 2.24) is 0 Å².